The quantitative estimate of drug-likeness (QED) is 0.772. The summed E-state index contributed by atoms with van der Waals surface area (Å²) < 4.78 is 22.4. The molecule has 3 N–H and O–H groups in total. The fraction of sp³-hybridized carbons (Fsp3) is 0.588. The monoisotopic (exact) mass is 355 g/mol. The first-order chi connectivity index (χ1) is 10.9. The van der Waals surface area contributed by atoms with E-state index in [0.29, 0.717) is 19.5 Å². The van der Waals surface area contributed by atoms with Crippen LogP contribution in [0.3, 0.4) is 0 Å². The van der Waals surface area contributed by atoms with Crippen LogP contribution in [0.15, 0.2) is 29.2 Å². The standard InChI is InChI=1S/C17H29N3O3S/c1-13(17(2,3)4)20(5)12-16(21)19-11-10-14-6-8-15(9-7-14)24(18,22)23/h6-9,13H,10-12H2,1-5H3,(H,19,21)(H2,18,22,23). The number of rotatable bonds is 7. The lowest BCUT2D eigenvalue weighted by Gasteiger charge is -2.34. The van der Waals surface area contributed by atoms with E-state index in [1.54, 1.807) is 12.1 Å². The van der Waals surface area contributed by atoms with E-state index in [0.717, 1.165) is 5.56 Å². The van der Waals surface area contributed by atoms with Crippen LogP contribution in [0.4, 0.5) is 0 Å². The van der Waals surface area contributed by atoms with Crippen molar-refractivity contribution >= 4 is 15.9 Å². The maximum Gasteiger partial charge on any atom is 0.238 e. The van der Waals surface area contributed by atoms with E-state index in [9.17, 15) is 13.2 Å². The lowest BCUT2D eigenvalue weighted by Crippen LogP contribution is -2.45. The van der Waals surface area contributed by atoms with Crippen molar-refractivity contribution in [1.82, 2.24) is 10.2 Å². The average molecular weight is 356 g/mol. The van der Waals surface area contributed by atoms with Crippen LogP contribution in [0.5, 0.6) is 0 Å². The second-order valence-corrected chi connectivity index (χ2v) is 8.81. The molecule has 1 aromatic carbocycles. The van der Waals surface area contributed by atoms with E-state index in [1.165, 1.54) is 12.1 Å². The predicted octanol–water partition coefficient (Wildman–Crippen LogP) is 1.36. The summed E-state index contributed by atoms with van der Waals surface area (Å²) in [7, 11) is -1.72. The van der Waals surface area contributed by atoms with Crippen molar-refractivity contribution < 1.29 is 13.2 Å². The first kappa shape index (κ1) is 20.6. The van der Waals surface area contributed by atoms with E-state index in [1.807, 2.05) is 11.9 Å². The molecule has 0 aliphatic heterocycles. The second kappa shape index (κ2) is 8.09. The molecular formula is C17H29N3O3S. The number of nitrogens with one attached hydrogen (secondary N) is 1. The molecule has 136 valence electrons. The Morgan fingerprint density at radius 2 is 1.79 bits per heavy atom. The molecule has 0 bridgehead atoms. The first-order valence-corrected chi connectivity index (χ1v) is 9.54. The van der Waals surface area contributed by atoms with Crippen molar-refractivity contribution in [3.63, 3.8) is 0 Å². The van der Waals surface area contributed by atoms with E-state index in [4.69, 9.17) is 5.14 Å². The number of carbonyl (C=O) groups is 1. The van der Waals surface area contributed by atoms with Crippen LogP contribution < -0.4 is 10.5 Å². The highest BCUT2D eigenvalue weighted by atomic mass is 32.2. The minimum atomic E-state index is -3.66. The summed E-state index contributed by atoms with van der Waals surface area (Å²) in [4.78, 5) is 14.1. The smallest absolute Gasteiger partial charge is 0.238 e. The molecule has 0 aliphatic carbocycles. The topological polar surface area (TPSA) is 92.5 Å². The van der Waals surface area contributed by atoms with Crippen LogP contribution in [-0.2, 0) is 21.2 Å². The zero-order valence-corrected chi connectivity index (χ0v) is 16.0. The van der Waals surface area contributed by atoms with E-state index >= 15 is 0 Å². The van der Waals surface area contributed by atoms with E-state index < -0.39 is 10.0 Å². The van der Waals surface area contributed by atoms with Crippen LogP contribution in [0.2, 0.25) is 0 Å². The molecule has 1 rings (SSSR count). The number of amides is 1. The number of likely N-dealkylation sites (N-methyl/N-ethyl adjacent to an activating group) is 1. The molecule has 0 spiro atoms. The molecule has 0 aromatic heterocycles. The highest BCUT2D eigenvalue weighted by molar-refractivity contribution is 7.89. The largest absolute Gasteiger partial charge is 0.355 e. The first-order valence-electron chi connectivity index (χ1n) is 8.00. The van der Waals surface area contributed by atoms with Gasteiger partial charge in [0.25, 0.3) is 0 Å². The summed E-state index contributed by atoms with van der Waals surface area (Å²) in [5.74, 6) is -0.0187. The second-order valence-electron chi connectivity index (χ2n) is 7.25. The summed E-state index contributed by atoms with van der Waals surface area (Å²) in [6, 6.07) is 6.66. The van der Waals surface area contributed by atoms with Gasteiger partial charge < -0.3 is 5.32 Å². The highest BCUT2D eigenvalue weighted by Gasteiger charge is 2.24. The van der Waals surface area contributed by atoms with Crippen molar-refractivity contribution in [2.45, 2.75) is 45.1 Å². The van der Waals surface area contributed by atoms with Crippen molar-refractivity contribution in [2.24, 2.45) is 10.6 Å². The fourth-order valence-corrected chi connectivity index (χ4v) is 2.79. The Kier molecular flexibility index (Phi) is 6.95. The van der Waals surface area contributed by atoms with Gasteiger partial charge in [-0.05, 0) is 43.5 Å². The Labute approximate surface area is 145 Å². The number of carbonyl (C=O) groups excluding carboxylic acids is 1. The summed E-state index contributed by atoms with van der Waals surface area (Å²) >= 11 is 0. The zero-order chi connectivity index (χ0) is 18.5. The molecular weight excluding hydrogens is 326 g/mol. The van der Waals surface area contributed by atoms with Gasteiger partial charge in [-0.15, -0.1) is 0 Å². The van der Waals surface area contributed by atoms with Crippen molar-refractivity contribution in [2.75, 3.05) is 20.1 Å². The van der Waals surface area contributed by atoms with Gasteiger partial charge in [-0.3, -0.25) is 9.69 Å². The summed E-state index contributed by atoms with van der Waals surface area (Å²) in [6.45, 7) is 9.42. The number of hydrogen-bond acceptors (Lipinski definition) is 4. The molecule has 0 radical (unpaired) electrons. The van der Waals surface area contributed by atoms with Crippen LogP contribution in [-0.4, -0.2) is 45.4 Å². The third-order valence-corrected chi connectivity index (χ3v) is 5.22. The third kappa shape index (κ3) is 6.59. The van der Waals surface area contributed by atoms with Crippen molar-refractivity contribution in [3.05, 3.63) is 29.8 Å². The molecule has 0 saturated heterocycles. The van der Waals surface area contributed by atoms with Crippen LogP contribution >= 0.6 is 0 Å². The maximum absolute atomic E-state index is 12.0. The van der Waals surface area contributed by atoms with Gasteiger partial charge >= 0.3 is 0 Å². The number of hydrogen-bond donors (Lipinski definition) is 2. The van der Waals surface area contributed by atoms with Crippen molar-refractivity contribution in [1.29, 1.82) is 0 Å². The molecule has 1 unspecified atom stereocenters. The van der Waals surface area contributed by atoms with E-state index in [2.05, 4.69) is 33.0 Å². The SMILES string of the molecule is CC(N(C)CC(=O)NCCc1ccc(S(N)(=O)=O)cc1)C(C)(C)C. The lowest BCUT2D eigenvalue weighted by molar-refractivity contribution is -0.122. The van der Waals surface area contributed by atoms with Gasteiger partial charge in [0.1, 0.15) is 0 Å². The average Bonchev–Trinajstić information content (AvgIpc) is 2.45. The number of nitrogens with two attached hydrogens (primary N) is 1. The minimum absolute atomic E-state index is 0.0187. The summed E-state index contributed by atoms with van der Waals surface area (Å²) in [6.07, 6.45) is 0.634. The third-order valence-electron chi connectivity index (χ3n) is 4.30. The number of sulfonamides is 1. The van der Waals surface area contributed by atoms with Crippen LogP contribution in [0, 0.1) is 5.41 Å². The lowest BCUT2D eigenvalue weighted by atomic mass is 9.87. The molecule has 0 heterocycles. The molecule has 0 aliphatic rings. The van der Waals surface area contributed by atoms with Gasteiger partial charge in [0.15, 0.2) is 0 Å². The molecule has 1 amide bonds. The van der Waals surface area contributed by atoms with Gasteiger partial charge in [-0.1, -0.05) is 32.9 Å². The van der Waals surface area contributed by atoms with Gasteiger partial charge in [-0.25, -0.2) is 13.6 Å². The van der Waals surface area contributed by atoms with E-state index in [-0.39, 0.29) is 22.3 Å². The molecule has 6 nitrogen and oxygen atoms in total. The number of nitrogens with zero attached hydrogens (tertiary/aromatic N) is 1. The zero-order valence-electron chi connectivity index (χ0n) is 15.2. The maximum atomic E-state index is 12.0. The van der Waals surface area contributed by atoms with Gasteiger partial charge in [0.2, 0.25) is 15.9 Å². The Hall–Kier alpha value is -1.44. The number of benzene rings is 1. The van der Waals surface area contributed by atoms with Crippen LogP contribution in [0.1, 0.15) is 33.3 Å². The highest BCUT2D eigenvalue weighted by Crippen LogP contribution is 2.22. The summed E-state index contributed by atoms with van der Waals surface area (Å²) in [5.41, 5.74) is 1.05. The number of primary sulfonamides is 1. The predicted molar refractivity (Wildman–Crippen MR) is 96.1 cm³/mol. The fourth-order valence-electron chi connectivity index (χ4n) is 2.27. The van der Waals surface area contributed by atoms with Gasteiger partial charge in [0.05, 0.1) is 11.4 Å². The Morgan fingerprint density at radius 1 is 1.25 bits per heavy atom. The summed E-state index contributed by atoms with van der Waals surface area (Å²) in [5, 5.41) is 7.95. The molecule has 24 heavy (non-hydrogen) atoms. The Balaban J connectivity index is 2.43. The van der Waals surface area contributed by atoms with Crippen LogP contribution in [0.25, 0.3) is 0 Å². The van der Waals surface area contributed by atoms with Gasteiger partial charge in [-0.2, -0.15) is 0 Å². The molecule has 0 saturated carbocycles. The molecule has 1 aromatic rings. The van der Waals surface area contributed by atoms with Gasteiger partial charge in [0, 0.05) is 12.6 Å². The normalized spacial score (nSPS) is 13.8. The van der Waals surface area contributed by atoms with Crippen molar-refractivity contribution in [3.8, 4) is 0 Å². The molecule has 0 fully saturated rings. The Bertz CT molecular complexity index is 649. The molecule has 7 heteroatoms. The molecule has 1 atom stereocenters. The Morgan fingerprint density at radius 3 is 2.25 bits per heavy atom. The minimum Gasteiger partial charge on any atom is -0.355 e.